The first-order valence-corrected chi connectivity index (χ1v) is 5.05. The summed E-state index contributed by atoms with van der Waals surface area (Å²) in [7, 11) is 0. The number of hydrazine groups is 1. The highest BCUT2D eigenvalue weighted by Crippen LogP contribution is 2.22. The number of ether oxygens (including phenoxy) is 1. The predicted octanol–water partition coefficient (Wildman–Crippen LogP) is 1.94. The van der Waals surface area contributed by atoms with Gasteiger partial charge in [0.1, 0.15) is 5.75 Å². The number of unbranched alkanes of at least 4 members (excludes halogenated alkanes) is 1. The van der Waals surface area contributed by atoms with Crippen molar-refractivity contribution in [3.63, 3.8) is 0 Å². The molecule has 1 rings (SSSR count). The molecule has 0 saturated heterocycles. The monoisotopic (exact) mass is 208 g/mol. The summed E-state index contributed by atoms with van der Waals surface area (Å²) in [5, 5.41) is 0. The lowest BCUT2D eigenvalue weighted by Gasteiger charge is -2.11. The smallest absolute Gasteiger partial charge is 0.225 e. The van der Waals surface area contributed by atoms with E-state index >= 15 is 0 Å². The first-order chi connectivity index (χ1) is 7.38. The van der Waals surface area contributed by atoms with E-state index in [1.807, 2.05) is 24.3 Å². The standard InChI is InChI=1S/C11H16N2O2/c1-2-3-8-15-11-7-5-4-6-10(11)13-12-9-14/h4-7,9,13H,2-3,8H2,1H3,(H,12,14). The molecule has 0 fully saturated rings. The zero-order valence-electron chi connectivity index (χ0n) is 8.82. The van der Waals surface area contributed by atoms with E-state index in [2.05, 4.69) is 17.8 Å². The minimum atomic E-state index is 0.586. The quantitative estimate of drug-likeness (QED) is 0.409. The van der Waals surface area contributed by atoms with Gasteiger partial charge in [-0.25, -0.2) is 0 Å². The van der Waals surface area contributed by atoms with Gasteiger partial charge in [0.15, 0.2) is 0 Å². The van der Waals surface area contributed by atoms with Crippen LogP contribution < -0.4 is 15.6 Å². The maximum Gasteiger partial charge on any atom is 0.225 e. The molecule has 0 aromatic heterocycles. The van der Waals surface area contributed by atoms with Crippen molar-refractivity contribution in [2.45, 2.75) is 19.8 Å². The molecule has 0 saturated carbocycles. The number of rotatable bonds is 7. The van der Waals surface area contributed by atoms with Gasteiger partial charge in [-0.15, -0.1) is 0 Å². The predicted molar refractivity (Wildman–Crippen MR) is 59.7 cm³/mol. The van der Waals surface area contributed by atoms with Crippen LogP contribution in [0.3, 0.4) is 0 Å². The molecule has 0 atom stereocenters. The number of carbonyl (C=O) groups is 1. The maximum atomic E-state index is 10.1. The first-order valence-electron chi connectivity index (χ1n) is 5.05. The lowest BCUT2D eigenvalue weighted by atomic mass is 10.3. The molecule has 4 heteroatoms. The fourth-order valence-electron chi connectivity index (χ4n) is 1.13. The summed E-state index contributed by atoms with van der Waals surface area (Å²) >= 11 is 0. The molecule has 0 heterocycles. The van der Waals surface area contributed by atoms with E-state index in [1.165, 1.54) is 0 Å². The molecule has 0 unspecified atom stereocenters. The number of anilines is 1. The van der Waals surface area contributed by atoms with E-state index < -0.39 is 0 Å². The van der Waals surface area contributed by atoms with Crippen LogP contribution in [0, 0.1) is 0 Å². The number of carbonyl (C=O) groups excluding carboxylic acids is 1. The van der Waals surface area contributed by atoms with Gasteiger partial charge in [-0.1, -0.05) is 25.5 Å². The number of amides is 1. The van der Waals surface area contributed by atoms with Gasteiger partial charge >= 0.3 is 0 Å². The maximum absolute atomic E-state index is 10.1. The Balaban J connectivity index is 2.55. The molecule has 0 aliphatic rings. The van der Waals surface area contributed by atoms with E-state index in [1.54, 1.807) is 0 Å². The minimum absolute atomic E-state index is 0.586. The van der Waals surface area contributed by atoms with Crippen LogP contribution in [-0.4, -0.2) is 13.0 Å². The van der Waals surface area contributed by atoms with Crippen molar-refractivity contribution in [2.75, 3.05) is 12.0 Å². The molecule has 2 N–H and O–H groups in total. The fraction of sp³-hybridized carbons (Fsp3) is 0.364. The number of hydrogen-bond donors (Lipinski definition) is 2. The second kappa shape index (κ2) is 6.70. The fourth-order valence-corrected chi connectivity index (χ4v) is 1.13. The Morgan fingerprint density at radius 3 is 2.93 bits per heavy atom. The first kappa shape index (κ1) is 11.4. The van der Waals surface area contributed by atoms with Gasteiger partial charge in [0.25, 0.3) is 0 Å². The Hall–Kier alpha value is -1.71. The summed E-state index contributed by atoms with van der Waals surface area (Å²) in [5.74, 6) is 0.750. The highest BCUT2D eigenvalue weighted by Gasteiger charge is 2.00. The summed E-state index contributed by atoms with van der Waals surface area (Å²) in [4.78, 5) is 10.1. The van der Waals surface area contributed by atoms with Crippen LogP contribution in [-0.2, 0) is 4.79 Å². The Morgan fingerprint density at radius 2 is 2.20 bits per heavy atom. The summed E-state index contributed by atoms with van der Waals surface area (Å²) < 4.78 is 5.56. The van der Waals surface area contributed by atoms with E-state index in [-0.39, 0.29) is 0 Å². The third-order valence-electron chi connectivity index (χ3n) is 1.91. The van der Waals surface area contributed by atoms with Crippen molar-refractivity contribution in [2.24, 2.45) is 0 Å². The van der Waals surface area contributed by atoms with Gasteiger partial charge < -0.3 is 4.74 Å². The number of nitrogens with one attached hydrogen (secondary N) is 2. The van der Waals surface area contributed by atoms with Crippen molar-refractivity contribution < 1.29 is 9.53 Å². The van der Waals surface area contributed by atoms with Crippen LogP contribution in [0.25, 0.3) is 0 Å². The summed E-state index contributed by atoms with van der Waals surface area (Å²) in [6.07, 6.45) is 2.71. The SMILES string of the molecule is CCCCOc1ccccc1NNC=O. The lowest BCUT2D eigenvalue weighted by Crippen LogP contribution is -2.19. The van der Waals surface area contributed by atoms with E-state index in [0.717, 1.165) is 24.3 Å². The van der Waals surface area contributed by atoms with Crippen molar-refractivity contribution in [3.05, 3.63) is 24.3 Å². The van der Waals surface area contributed by atoms with E-state index in [0.29, 0.717) is 13.0 Å². The van der Waals surface area contributed by atoms with Gasteiger partial charge in [-0.3, -0.25) is 15.6 Å². The van der Waals surface area contributed by atoms with E-state index in [9.17, 15) is 4.79 Å². The third kappa shape index (κ3) is 3.89. The van der Waals surface area contributed by atoms with Crippen LogP contribution in [0.4, 0.5) is 5.69 Å². The van der Waals surface area contributed by atoms with Gasteiger partial charge in [-0.05, 0) is 18.6 Å². The highest BCUT2D eigenvalue weighted by molar-refractivity contribution is 5.59. The van der Waals surface area contributed by atoms with Crippen molar-refractivity contribution in [1.29, 1.82) is 0 Å². The van der Waals surface area contributed by atoms with Crippen LogP contribution in [0.1, 0.15) is 19.8 Å². The Labute approximate surface area is 89.6 Å². The summed E-state index contributed by atoms with van der Waals surface area (Å²) in [6, 6.07) is 7.48. The molecule has 0 aliphatic carbocycles. The highest BCUT2D eigenvalue weighted by atomic mass is 16.5. The number of para-hydroxylation sites is 2. The van der Waals surface area contributed by atoms with Gasteiger partial charge in [0, 0.05) is 0 Å². The lowest BCUT2D eigenvalue weighted by molar-refractivity contribution is -0.109. The number of benzene rings is 1. The second-order valence-electron chi connectivity index (χ2n) is 3.09. The average Bonchev–Trinajstić information content (AvgIpc) is 2.28. The molecule has 82 valence electrons. The normalized spacial score (nSPS) is 9.40. The third-order valence-corrected chi connectivity index (χ3v) is 1.91. The summed E-state index contributed by atoms with van der Waals surface area (Å²) in [6.45, 7) is 2.80. The van der Waals surface area contributed by atoms with Crippen LogP contribution in [0.15, 0.2) is 24.3 Å². The molecular formula is C11H16N2O2. The largest absolute Gasteiger partial charge is 0.491 e. The molecule has 1 amide bonds. The molecule has 15 heavy (non-hydrogen) atoms. The van der Waals surface area contributed by atoms with Crippen LogP contribution in [0.2, 0.25) is 0 Å². The van der Waals surface area contributed by atoms with Crippen LogP contribution in [0.5, 0.6) is 5.75 Å². The molecule has 0 bridgehead atoms. The van der Waals surface area contributed by atoms with E-state index in [4.69, 9.17) is 4.74 Å². The molecule has 0 aliphatic heterocycles. The molecule has 0 spiro atoms. The Kier molecular flexibility index (Phi) is 5.08. The molecule has 4 nitrogen and oxygen atoms in total. The van der Waals surface area contributed by atoms with Crippen molar-refractivity contribution in [1.82, 2.24) is 5.43 Å². The Bertz CT molecular complexity index is 302. The second-order valence-corrected chi connectivity index (χ2v) is 3.09. The zero-order chi connectivity index (χ0) is 10.9. The van der Waals surface area contributed by atoms with Gasteiger partial charge in [0.2, 0.25) is 6.41 Å². The zero-order valence-corrected chi connectivity index (χ0v) is 8.82. The number of hydrogen-bond acceptors (Lipinski definition) is 3. The Morgan fingerprint density at radius 1 is 1.40 bits per heavy atom. The van der Waals surface area contributed by atoms with Crippen molar-refractivity contribution >= 4 is 12.1 Å². The topological polar surface area (TPSA) is 50.4 Å². The molecule has 0 radical (unpaired) electrons. The molecular weight excluding hydrogens is 192 g/mol. The molecule has 1 aromatic carbocycles. The van der Waals surface area contributed by atoms with Gasteiger partial charge in [0.05, 0.1) is 12.3 Å². The van der Waals surface area contributed by atoms with Gasteiger partial charge in [-0.2, -0.15) is 0 Å². The molecule has 1 aromatic rings. The summed E-state index contributed by atoms with van der Waals surface area (Å²) in [5.41, 5.74) is 5.90. The van der Waals surface area contributed by atoms with Crippen LogP contribution >= 0.6 is 0 Å². The minimum Gasteiger partial charge on any atom is -0.491 e. The van der Waals surface area contributed by atoms with Crippen molar-refractivity contribution in [3.8, 4) is 5.75 Å². The average molecular weight is 208 g/mol.